The summed E-state index contributed by atoms with van der Waals surface area (Å²) in [6.45, 7) is 1.63. The van der Waals surface area contributed by atoms with E-state index in [1.807, 2.05) is 7.05 Å². The highest BCUT2D eigenvalue weighted by Crippen LogP contribution is 2.28. The number of carbonyl (C=O) groups is 4. The third-order valence-corrected chi connectivity index (χ3v) is 7.87. The molecule has 2 aromatic heterocycles. The van der Waals surface area contributed by atoms with Crippen molar-refractivity contribution in [3.05, 3.63) is 38.9 Å². The second kappa shape index (κ2) is 651. The number of hydrogen-bond acceptors (Lipinski definition) is 8. The second-order valence-corrected chi connectivity index (χ2v) is 11.1. The van der Waals surface area contributed by atoms with E-state index < -0.39 is 23.9 Å². The fourth-order valence-corrected chi connectivity index (χ4v) is 5.80. The Morgan fingerprint density at radius 1 is 0.344 bits per heavy atom. The van der Waals surface area contributed by atoms with Crippen LogP contribution in [0, 0.1) is 5.92 Å². The predicted molar refractivity (Wildman–Crippen MR) is 237 cm³/mol. The van der Waals surface area contributed by atoms with Crippen LogP contribution in [0.4, 0.5) is 408 Å². The highest BCUT2D eigenvalue weighted by molar-refractivity contribution is 7.13. The van der Waals surface area contributed by atoms with Gasteiger partial charge in [-0.2, -0.15) is 0 Å². The summed E-state index contributed by atoms with van der Waals surface area (Å²) in [7, 11) is 5.41. The van der Waals surface area contributed by atoms with Crippen molar-refractivity contribution in [1.29, 1.82) is 0 Å². The topological polar surface area (TPSA) is 137 Å². The summed E-state index contributed by atoms with van der Waals surface area (Å²) in [6.07, 6.45) is 3.42. The molecule has 0 radical (unpaired) electrons. The van der Waals surface area contributed by atoms with E-state index in [4.69, 9.17) is 414 Å². The lowest BCUT2D eigenvalue weighted by Gasteiger charge is -2.37. The molecule has 1 fully saturated rings. The molecule has 1 aliphatic carbocycles. The van der Waals surface area contributed by atoms with Gasteiger partial charge in [-0.05, 0) is 38.4 Å². The zero-order chi connectivity index (χ0) is 115. The first-order valence-electron chi connectivity index (χ1n) is 18.3. The summed E-state index contributed by atoms with van der Waals surface area (Å²) in [6, 6.07) is 1.95. The SMILES string of the molecule is CN1CCc2nc(C(=O)N[C@@H]3C[C@@H](C(=O)N(C)C)CC[C@@H]3NC(=O)C(=O)Nc3ccc(Cl)cn3)sc2C1.FF.FF.FF.FF.FF.FF.FF.FF.FF.FF.FF.FF.FF.FF.FF.FF.FF.FF.FF.FF.FF.FF.FF.FF.FF.FF.FF.FF.FF.FF.FF.FF.FF.FF.FF.FF.FF.FF.FF.FF.FF.FF.FF.FF. The average Bonchev–Trinajstić information content (AvgIpc) is 1.73. The minimum absolute atomic E-state index is 0.0386. The molecule has 0 aromatic carbocycles. The predicted octanol–water partition coefficient (Wildman–Crippen LogP) is 38.3. The van der Waals surface area contributed by atoms with E-state index >= 15 is 0 Å². The van der Waals surface area contributed by atoms with Gasteiger partial charge in [0.2, 0.25) is 5.91 Å². The first-order valence-corrected chi connectivity index (χ1v) is 19.5. The number of thiazole rings is 1. The van der Waals surface area contributed by atoms with Crippen molar-refractivity contribution in [1.82, 2.24) is 30.4 Å². The highest BCUT2D eigenvalue weighted by Gasteiger charge is 2.37. The zero-order valence-electron chi connectivity index (χ0n) is 54.2. The normalized spacial score (nSPS) is 8.46. The van der Waals surface area contributed by atoms with Gasteiger partial charge in [0.05, 0.1) is 16.8 Å². The smallest absolute Gasteiger partial charge is 0.314 e. The maximum Gasteiger partial charge on any atom is 0.314 e. The van der Waals surface area contributed by atoms with Gasteiger partial charge >= 0.3 is 11.8 Å². The van der Waals surface area contributed by atoms with E-state index in [1.54, 1.807) is 20.2 Å². The van der Waals surface area contributed by atoms with Crippen molar-refractivity contribution in [2.24, 2.45) is 5.92 Å². The van der Waals surface area contributed by atoms with Crippen molar-refractivity contribution >= 4 is 52.4 Å². The molecular formula is C24H30ClF88N7O4S. The van der Waals surface area contributed by atoms with Gasteiger partial charge in [0.25, 0.3) is 5.91 Å². The first kappa shape index (κ1) is 273. The molecule has 11 nitrogen and oxygen atoms in total. The summed E-state index contributed by atoms with van der Waals surface area (Å²) in [5.41, 5.74) is 0.940. The van der Waals surface area contributed by atoms with Crippen LogP contribution in [0.15, 0.2) is 18.3 Å². The van der Waals surface area contributed by atoms with Crippen LogP contribution in [0.1, 0.15) is 39.6 Å². The Hall–Kier alpha value is -9.25. The number of anilines is 1. The van der Waals surface area contributed by atoms with Crippen LogP contribution in [0.3, 0.4) is 0 Å². The summed E-state index contributed by atoms with van der Waals surface area (Å²) >= 11 is 7.17. The highest BCUT2D eigenvalue weighted by atomic mass is 35.5. The Bertz CT molecular complexity index is 1300. The Kier molecular flexibility index (Phi) is 1420. The molecule has 3 heterocycles. The minimum atomic E-state index is -0.886. The lowest BCUT2D eigenvalue weighted by molar-refractivity contribution is -0.137. The molecule has 125 heavy (non-hydrogen) atoms. The van der Waals surface area contributed by atoms with E-state index in [-0.39, 0.29) is 23.6 Å². The van der Waals surface area contributed by atoms with E-state index in [0.717, 1.165) is 30.1 Å². The molecule has 3 N–H and O–H groups in total. The minimum Gasteiger partial charge on any atom is -0.349 e. The molecule has 1 aliphatic heterocycles. The number of nitrogens with zero attached hydrogens (tertiary/aromatic N) is 4. The second-order valence-electron chi connectivity index (χ2n) is 9.60. The molecule has 101 heteroatoms. The number of nitrogens with one attached hydrogen (secondary N) is 3. The van der Waals surface area contributed by atoms with Gasteiger partial charge in [-0.25, -0.2) is 9.97 Å². The fourth-order valence-electron chi connectivity index (χ4n) is 4.60. The van der Waals surface area contributed by atoms with Gasteiger partial charge in [-0.15, -0.1) is 11.3 Å². The Balaban J connectivity index is -0.0000000175. The van der Waals surface area contributed by atoms with Crippen molar-refractivity contribution in [3.8, 4) is 0 Å². The summed E-state index contributed by atoms with van der Waals surface area (Å²) in [4.78, 5) is 64.3. The van der Waals surface area contributed by atoms with E-state index in [2.05, 4.69) is 30.8 Å². The molecule has 0 bridgehead atoms. The molecule has 0 unspecified atom stereocenters. The van der Waals surface area contributed by atoms with Crippen LogP contribution in [-0.4, -0.2) is 83.2 Å². The van der Waals surface area contributed by atoms with Gasteiger partial charge in [0.1, 0.15) is 5.82 Å². The van der Waals surface area contributed by atoms with Gasteiger partial charge < -0.3 is 25.8 Å². The number of amides is 4. The van der Waals surface area contributed by atoms with Gasteiger partial charge in [-0.1, -0.05) is 11.6 Å². The lowest BCUT2D eigenvalue weighted by Crippen LogP contribution is -2.57. The summed E-state index contributed by atoms with van der Waals surface area (Å²) in [5.74, 6) is -2.25. The van der Waals surface area contributed by atoms with Crippen LogP contribution in [0.25, 0.3) is 0 Å². The molecule has 0 saturated heterocycles. The van der Waals surface area contributed by atoms with Crippen molar-refractivity contribution in [2.75, 3.05) is 33.0 Å². The molecule has 4 rings (SSSR count). The van der Waals surface area contributed by atoms with Crippen LogP contribution < -0.4 is 16.0 Å². The quantitative estimate of drug-likeness (QED) is 0.200. The maximum absolute atomic E-state index is 13.2. The molecule has 1 saturated carbocycles. The first-order chi connectivity index (χ1) is 61.6. The van der Waals surface area contributed by atoms with Crippen LogP contribution in [0.5, 0.6) is 0 Å². The molecular weight excluding hydrogens is 2190 g/mol. The van der Waals surface area contributed by atoms with Crippen LogP contribution in [0.2, 0.25) is 5.02 Å². The molecule has 3 atom stereocenters. The van der Waals surface area contributed by atoms with Crippen molar-refractivity contribution < 1.29 is 422 Å². The molecule has 0 spiro atoms. The summed E-state index contributed by atoms with van der Waals surface area (Å²) < 4.78 is 704. The number of aromatic nitrogens is 2. The number of fused-ring (bicyclic) bond motifs is 1. The Labute approximate surface area is 628 Å². The van der Waals surface area contributed by atoms with Crippen LogP contribution in [-0.2, 0) is 27.3 Å². The maximum atomic E-state index is 13.2. The largest absolute Gasteiger partial charge is 0.349 e. The van der Waals surface area contributed by atoms with E-state index in [9.17, 15) is 19.2 Å². The lowest BCUT2D eigenvalue weighted by atomic mass is 9.81. The molecule has 4 amide bonds. The van der Waals surface area contributed by atoms with Gasteiger partial charge in [-0.3, -0.25) is 19.2 Å². The number of pyridine rings is 1. The van der Waals surface area contributed by atoms with Crippen molar-refractivity contribution in [2.45, 2.75) is 44.3 Å². The van der Waals surface area contributed by atoms with Crippen LogP contribution >= 0.6 is 22.9 Å². The molecule has 814 valence electrons. The third-order valence-electron chi connectivity index (χ3n) is 6.56. The fraction of sp³-hybridized carbons (Fsp3) is 0.500. The monoisotopic (exact) mass is 2220 g/mol. The number of rotatable bonds is 5. The van der Waals surface area contributed by atoms with E-state index in [0.29, 0.717) is 29.3 Å². The molecule has 2 aliphatic rings. The summed E-state index contributed by atoms with van der Waals surface area (Å²) in [5, 5.41) is 8.91. The molecule has 2 aromatic rings. The average molecular weight is 2220 g/mol. The third kappa shape index (κ3) is 370. The number of carbonyl (C=O) groups excluding carboxylic acids is 4. The number of likely N-dealkylation sites (N-methyl/N-ethyl adjacent to an activating group) is 1. The number of hydrogen-bond donors (Lipinski definition) is 3. The van der Waals surface area contributed by atoms with Crippen molar-refractivity contribution in [3.63, 3.8) is 0 Å². The Morgan fingerprint density at radius 3 is 0.784 bits per heavy atom. The number of halogens is 89. The Morgan fingerprint density at radius 2 is 0.576 bits per heavy atom. The van der Waals surface area contributed by atoms with Gasteiger partial charge in [0.15, 0.2) is 5.01 Å². The van der Waals surface area contributed by atoms with E-state index in [1.165, 1.54) is 28.5 Å². The zero-order valence-corrected chi connectivity index (χ0v) is 55.7. The van der Waals surface area contributed by atoms with Gasteiger partial charge in [0, 0.05) is 459 Å². The standard InChI is InChI=1S/C24H30ClN7O4S.44F2/c1-31(2)24(36)13-4-6-15(27-20(33)21(34)30-19-7-5-14(25)11-26-19)17(10-13)28-22(35)23-29-16-8-9-32(3)12-18(16)37-23;44*1-2/h5,7,11,13,15,17H,4,6,8-10,12H2,1-3H3,(H,27,33)(H,28,35)(H,26,30,34);;;;;;;;;;;;;;;;;;;;;;;;;;;;;;;;;;;;;;;;;;;;/t13-,15-,17+;;;;;;;;;;;;;;;;;;;;;;;;;;;;;;;;;;;;;;;;;;;;/m0............................................/s1.